The number of nitrogens with zero attached hydrogens (tertiary/aromatic N) is 1. The fourth-order valence-electron chi connectivity index (χ4n) is 1.90. The summed E-state index contributed by atoms with van der Waals surface area (Å²) in [7, 11) is 0. The minimum atomic E-state index is -0.0912. The molecule has 1 rings (SSSR count). The molecule has 3 nitrogen and oxygen atoms in total. The molecular weight excluding hydrogens is 200 g/mol. The highest BCUT2D eigenvalue weighted by molar-refractivity contribution is 5.85. The number of hydrogen-bond acceptors (Lipinski definition) is 3. The van der Waals surface area contributed by atoms with Gasteiger partial charge < -0.3 is 15.7 Å². The summed E-state index contributed by atoms with van der Waals surface area (Å²) in [6.07, 6.45) is 2.24. The van der Waals surface area contributed by atoms with Crippen LogP contribution in [0.2, 0.25) is 0 Å². The monoisotopic (exact) mass is 222 g/mol. The average Bonchev–Trinajstić information content (AvgIpc) is 2.03. The maximum Gasteiger partial charge on any atom is 0.0460 e. The Kier molecular flexibility index (Phi) is 5.98. The third-order valence-electron chi connectivity index (χ3n) is 2.60. The van der Waals surface area contributed by atoms with Gasteiger partial charge in [-0.2, -0.15) is 0 Å². The second-order valence-corrected chi connectivity index (χ2v) is 4.89. The van der Waals surface area contributed by atoms with E-state index in [2.05, 4.69) is 18.7 Å². The van der Waals surface area contributed by atoms with Crippen LogP contribution in [0.15, 0.2) is 0 Å². The fraction of sp³-hybridized carbons (Fsp3) is 1.00. The highest BCUT2D eigenvalue weighted by Crippen LogP contribution is 2.17. The molecule has 0 spiro atoms. The predicted molar refractivity (Wildman–Crippen MR) is 61.8 cm³/mol. The summed E-state index contributed by atoms with van der Waals surface area (Å²) in [6.45, 7) is 7.61. The van der Waals surface area contributed by atoms with Crippen molar-refractivity contribution in [2.45, 2.75) is 32.2 Å². The van der Waals surface area contributed by atoms with Gasteiger partial charge in [-0.1, -0.05) is 0 Å². The molecule has 0 unspecified atom stereocenters. The van der Waals surface area contributed by atoms with Crippen molar-refractivity contribution in [2.24, 2.45) is 11.7 Å². The Morgan fingerprint density at radius 1 is 1.36 bits per heavy atom. The van der Waals surface area contributed by atoms with Crippen LogP contribution in [0.5, 0.6) is 0 Å². The molecule has 0 amide bonds. The number of likely N-dealkylation sites (tertiary alicyclic amines) is 1. The largest absolute Gasteiger partial charge is 0.396 e. The molecule has 1 aliphatic rings. The van der Waals surface area contributed by atoms with Crippen LogP contribution in [0.3, 0.4) is 0 Å². The lowest BCUT2D eigenvalue weighted by Crippen LogP contribution is -2.48. The highest BCUT2D eigenvalue weighted by atomic mass is 35.5. The molecule has 86 valence electrons. The first kappa shape index (κ1) is 14.2. The lowest BCUT2D eigenvalue weighted by molar-refractivity contribution is 0.118. The fourth-order valence-corrected chi connectivity index (χ4v) is 1.90. The Morgan fingerprint density at radius 2 is 1.86 bits per heavy atom. The van der Waals surface area contributed by atoms with Crippen LogP contribution in [0, 0.1) is 5.92 Å². The SMILES string of the molecule is CC(C)(N)CN1CCC(CO)CC1.Cl. The van der Waals surface area contributed by atoms with Gasteiger partial charge in [-0.25, -0.2) is 0 Å². The topological polar surface area (TPSA) is 49.5 Å². The number of rotatable bonds is 3. The molecular formula is C10H23ClN2O. The minimum absolute atomic E-state index is 0. The van der Waals surface area contributed by atoms with Crippen LogP contribution in [0.4, 0.5) is 0 Å². The molecule has 0 bridgehead atoms. The molecule has 0 atom stereocenters. The van der Waals surface area contributed by atoms with E-state index in [4.69, 9.17) is 10.8 Å². The van der Waals surface area contributed by atoms with Crippen LogP contribution < -0.4 is 5.73 Å². The lowest BCUT2D eigenvalue weighted by Gasteiger charge is -2.35. The summed E-state index contributed by atoms with van der Waals surface area (Å²) in [6, 6.07) is 0. The van der Waals surface area contributed by atoms with Crippen molar-refractivity contribution in [3.63, 3.8) is 0 Å². The van der Waals surface area contributed by atoms with Gasteiger partial charge in [-0.05, 0) is 45.7 Å². The normalized spacial score (nSPS) is 20.6. The Labute approximate surface area is 93.1 Å². The van der Waals surface area contributed by atoms with Crippen molar-refractivity contribution in [1.29, 1.82) is 0 Å². The molecule has 1 saturated heterocycles. The van der Waals surface area contributed by atoms with Gasteiger partial charge in [0, 0.05) is 18.7 Å². The van der Waals surface area contributed by atoms with Gasteiger partial charge >= 0.3 is 0 Å². The molecule has 0 radical (unpaired) electrons. The van der Waals surface area contributed by atoms with Gasteiger partial charge in [0.15, 0.2) is 0 Å². The van der Waals surface area contributed by atoms with Crippen molar-refractivity contribution in [3.8, 4) is 0 Å². The number of halogens is 1. The number of hydrogen-bond donors (Lipinski definition) is 2. The van der Waals surface area contributed by atoms with Crippen molar-refractivity contribution in [2.75, 3.05) is 26.2 Å². The molecule has 1 aliphatic heterocycles. The van der Waals surface area contributed by atoms with Gasteiger partial charge in [-0.3, -0.25) is 0 Å². The van der Waals surface area contributed by atoms with Crippen LogP contribution in [-0.2, 0) is 0 Å². The average molecular weight is 223 g/mol. The number of aliphatic hydroxyl groups excluding tert-OH is 1. The molecule has 1 fully saturated rings. The molecule has 3 N–H and O–H groups in total. The zero-order valence-electron chi connectivity index (χ0n) is 9.20. The molecule has 14 heavy (non-hydrogen) atoms. The Morgan fingerprint density at radius 3 is 2.21 bits per heavy atom. The molecule has 4 heteroatoms. The van der Waals surface area contributed by atoms with Crippen molar-refractivity contribution in [3.05, 3.63) is 0 Å². The Balaban J connectivity index is 0.00000169. The van der Waals surface area contributed by atoms with E-state index in [1.165, 1.54) is 0 Å². The summed E-state index contributed by atoms with van der Waals surface area (Å²) >= 11 is 0. The summed E-state index contributed by atoms with van der Waals surface area (Å²) in [5.41, 5.74) is 5.85. The van der Waals surface area contributed by atoms with E-state index in [0.29, 0.717) is 12.5 Å². The van der Waals surface area contributed by atoms with Crippen molar-refractivity contribution in [1.82, 2.24) is 4.90 Å². The van der Waals surface area contributed by atoms with Crippen LogP contribution >= 0.6 is 12.4 Å². The third-order valence-corrected chi connectivity index (χ3v) is 2.60. The highest BCUT2D eigenvalue weighted by Gasteiger charge is 2.22. The summed E-state index contributed by atoms with van der Waals surface area (Å²) < 4.78 is 0. The van der Waals surface area contributed by atoms with Crippen molar-refractivity contribution >= 4 is 12.4 Å². The van der Waals surface area contributed by atoms with E-state index in [9.17, 15) is 0 Å². The summed E-state index contributed by atoms with van der Waals surface area (Å²) in [5.74, 6) is 0.525. The zero-order chi connectivity index (χ0) is 9.90. The number of nitrogens with two attached hydrogens (primary N) is 1. The van der Waals surface area contributed by atoms with Gasteiger partial charge in [0.05, 0.1) is 0 Å². The van der Waals surface area contributed by atoms with E-state index in [1.54, 1.807) is 0 Å². The number of aliphatic hydroxyl groups is 1. The standard InChI is InChI=1S/C10H22N2O.ClH/c1-10(2,11)8-12-5-3-9(7-13)4-6-12;/h9,13H,3-8,11H2,1-2H3;1H. The van der Waals surface area contributed by atoms with Gasteiger partial charge in [0.25, 0.3) is 0 Å². The summed E-state index contributed by atoms with van der Waals surface area (Å²) in [5, 5.41) is 8.97. The van der Waals surface area contributed by atoms with Crippen molar-refractivity contribution < 1.29 is 5.11 Å². The quantitative estimate of drug-likeness (QED) is 0.745. The molecule has 0 saturated carbocycles. The second-order valence-electron chi connectivity index (χ2n) is 4.89. The predicted octanol–water partition coefficient (Wildman–Crippen LogP) is 0.850. The molecule has 0 aromatic rings. The van der Waals surface area contributed by atoms with Crippen LogP contribution in [0.25, 0.3) is 0 Å². The molecule has 1 heterocycles. The second kappa shape index (κ2) is 5.91. The van der Waals surface area contributed by atoms with Crippen LogP contribution in [0.1, 0.15) is 26.7 Å². The number of piperidine rings is 1. The van der Waals surface area contributed by atoms with Crippen LogP contribution in [-0.4, -0.2) is 41.8 Å². The minimum Gasteiger partial charge on any atom is -0.396 e. The van der Waals surface area contributed by atoms with E-state index in [1.807, 2.05) is 0 Å². The maximum absolute atomic E-state index is 8.97. The summed E-state index contributed by atoms with van der Waals surface area (Å²) in [4.78, 5) is 2.40. The third kappa shape index (κ3) is 5.15. The zero-order valence-corrected chi connectivity index (χ0v) is 10.0. The first-order chi connectivity index (χ1) is 6.01. The van der Waals surface area contributed by atoms with E-state index in [0.717, 1.165) is 32.5 Å². The smallest absolute Gasteiger partial charge is 0.0460 e. The first-order valence-electron chi connectivity index (χ1n) is 5.13. The van der Waals surface area contributed by atoms with Gasteiger partial charge in [0.1, 0.15) is 0 Å². The Bertz CT molecular complexity index is 151. The molecule has 0 aromatic carbocycles. The molecule has 0 aromatic heterocycles. The lowest BCUT2D eigenvalue weighted by atomic mass is 9.96. The maximum atomic E-state index is 8.97. The van der Waals surface area contributed by atoms with E-state index < -0.39 is 0 Å². The van der Waals surface area contributed by atoms with E-state index in [-0.39, 0.29) is 17.9 Å². The Hall–Kier alpha value is 0.170. The first-order valence-corrected chi connectivity index (χ1v) is 5.13. The molecule has 0 aliphatic carbocycles. The van der Waals surface area contributed by atoms with Gasteiger partial charge in [0.2, 0.25) is 0 Å². The van der Waals surface area contributed by atoms with E-state index >= 15 is 0 Å². The van der Waals surface area contributed by atoms with Gasteiger partial charge in [-0.15, -0.1) is 12.4 Å².